The molecule has 4 heteroatoms. The minimum Gasteiger partial charge on any atom is -0.309 e. The van der Waals surface area contributed by atoms with Crippen molar-refractivity contribution < 1.29 is 0 Å². The predicted octanol–water partition coefficient (Wildman–Crippen LogP) is 13.3. The number of rotatable bonds is 6. The van der Waals surface area contributed by atoms with Gasteiger partial charge in [0, 0.05) is 45.2 Å². The van der Waals surface area contributed by atoms with Gasteiger partial charge in [0.25, 0.3) is 0 Å². The van der Waals surface area contributed by atoms with Gasteiger partial charge in [-0.15, -0.1) is 0 Å². The lowest BCUT2D eigenvalue weighted by atomic mass is 9.99. The molecule has 4 nitrogen and oxygen atoms in total. The molecular weight excluding hydrogens is 681 g/mol. The molecule has 8 aromatic carbocycles. The molecule has 0 fully saturated rings. The van der Waals surface area contributed by atoms with Crippen LogP contribution in [0.3, 0.4) is 0 Å². The van der Waals surface area contributed by atoms with E-state index in [-0.39, 0.29) is 0 Å². The van der Waals surface area contributed by atoms with Crippen LogP contribution in [0.15, 0.2) is 207 Å². The third-order valence-corrected chi connectivity index (χ3v) is 11.1. The van der Waals surface area contributed by atoms with Gasteiger partial charge < -0.3 is 4.57 Å². The molecule has 0 aliphatic rings. The quantitative estimate of drug-likeness (QED) is 0.172. The van der Waals surface area contributed by atoms with Crippen LogP contribution in [0.5, 0.6) is 0 Å². The predicted molar refractivity (Wildman–Crippen MR) is 232 cm³/mol. The first-order valence-corrected chi connectivity index (χ1v) is 19.0. The molecule has 0 bridgehead atoms. The van der Waals surface area contributed by atoms with Crippen LogP contribution in [0.2, 0.25) is 0 Å². The van der Waals surface area contributed by atoms with E-state index >= 15 is 0 Å². The molecule has 0 N–H and O–H groups in total. The molecule has 3 aromatic heterocycles. The van der Waals surface area contributed by atoms with Gasteiger partial charge in [-0.1, -0.05) is 152 Å². The van der Waals surface area contributed by atoms with Gasteiger partial charge in [0.05, 0.1) is 22.1 Å². The Morgan fingerprint density at radius 3 is 1.34 bits per heavy atom. The summed E-state index contributed by atoms with van der Waals surface area (Å²) < 4.78 is 4.55. The second-order valence-corrected chi connectivity index (χ2v) is 14.3. The maximum atomic E-state index is 4.94. The molecule has 11 aromatic rings. The molecular formula is C52H34N4. The molecule has 0 atom stereocenters. The van der Waals surface area contributed by atoms with Crippen molar-refractivity contribution >= 4 is 43.6 Å². The van der Waals surface area contributed by atoms with E-state index < -0.39 is 0 Å². The summed E-state index contributed by atoms with van der Waals surface area (Å²) in [6, 6.07) is 69.3. The summed E-state index contributed by atoms with van der Waals surface area (Å²) in [4.78, 5) is 9.88. The number of para-hydroxylation sites is 3. The van der Waals surface area contributed by atoms with Gasteiger partial charge in [-0.2, -0.15) is 0 Å². The maximum Gasteiger partial charge on any atom is 0.234 e. The molecule has 0 spiro atoms. The highest BCUT2D eigenvalue weighted by Gasteiger charge is 2.17. The van der Waals surface area contributed by atoms with Crippen molar-refractivity contribution in [2.45, 2.75) is 0 Å². The number of aromatic nitrogens is 4. The lowest BCUT2D eigenvalue weighted by molar-refractivity contribution is 0.990. The molecule has 0 amide bonds. The Morgan fingerprint density at radius 2 is 0.696 bits per heavy atom. The summed E-state index contributed by atoms with van der Waals surface area (Å²) in [7, 11) is 0. The number of hydrogen-bond donors (Lipinski definition) is 0. The lowest BCUT2D eigenvalue weighted by Crippen LogP contribution is -2.00. The third-order valence-electron chi connectivity index (χ3n) is 11.1. The van der Waals surface area contributed by atoms with Crippen LogP contribution in [-0.4, -0.2) is 19.1 Å². The third kappa shape index (κ3) is 5.31. The number of hydrogen-bond acceptors (Lipinski definition) is 2. The molecule has 0 aliphatic heterocycles. The average molecular weight is 715 g/mol. The van der Waals surface area contributed by atoms with E-state index in [1.54, 1.807) is 0 Å². The number of nitrogens with zero attached hydrogens (tertiary/aromatic N) is 4. The first kappa shape index (κ1) is 31.9. The van der Waals surface area contributed by atoms with E-state index in [1.165, 1.54) is 66.0 Å². The van der Waals surface area contributed by atoms with Crippen molar-refractivity contribution in [1.29, 1.82) is 0 Å². The van der Waals surface area contributed by atoms with Crippen LogP contribution in [0, 0.1) is 0 Å². The monoisotopic (exact) mass is 714 g/mol. The van der Waals surface area contributed by atoms with Gasteiger partial charge in [0.1, 0.15) is 0 Å². The fourth-order valence-corrected chi connectivity index (χ4v) is 8.30. The van der Waals surface area contributed by atoms with E-state index in [1.807, 2.05) is 18.5 Å². The second kappa shape index (κ2) is 13.1. The minimum absolute atomic E-state index is 0.650. The second-order valence-electron chi connectivity index (χ2n) is 14.3. The lowest BCUT2D eigenvalue weighted by Gasteiger charge is -2.10. The molecule has 0 radical (unpaired) electrons. The van der Waals surface area contributed by atoms with E-state index in [4.69, 9.17) is 9.97 Å². The Balaban J connectivity index is 0.933. The molecule has 56 heavy (non-hydrogen) atoms. The fourth-order valence-electron chi connectivity index (χ4n) is 8.30. The standard InChI is InChI=1S/C52H34N4/c1-3-11-35(12-4-1)36-19-21-37(22-20-36)38-23-25-39(26-24-38)42-33-53-52(54-34-42)56-49-18-10-8-16-45(49)47-31-40(28-30-50(47)56)41-27-29-46-44-15-7-9-17-48(44)55(51(46)32-41)43-13-5-2-6-14-43/h1-34H. The van der Waals surface area contributed by atoms with Crippen molar-refractivity contribution in [3.8, 4) is 56.1 Å². The van der Waals surface area contributed by atoms with Crippen molar-refractivity contribution in [2.24, 2.45) is 0 Å². The zero-order valence-corrected chi connectivity index (χ0v) is 30.4. The van der Waals surface area contributed by atoms with Gasteiger partial charge in [0.15, 0.2) is 0 Å². The summed E-state index contributed by atoms with van der Waals surface area (Å²) in [5.74, 6) is 0.650. The topological polar surface area (TPSA) is 35.6 Å². The van der Waals surface area contributed by atoms with Crippen molar-refractivity contribution in [1.82, 2.24) is 19.1 Å². The van der Waals surface area contributed by atoms with Crippen molar-refractivity contribution in [3.63, 3.8) is 0 Å². The average Bonchev–Trinajstić information content (AvgIpc) is 3.79. The molecule has 262 valence electrons. The van der Waals surface area contributed by atoms with E-state index in [2.05, 4.69) is 197 Å². The van der Waals surface area contributed by atoms with E-state index in [9.17, 15) is 0 Å². The SMILES string of the molecule is c1ccc(-c2ccc(-c3ccc(-c4cnc(-n5c6ccccc6c6cc(-c7ccc8c9ccccc9n(-c9ccccc9)c8c7)ccc65)nc4)cc3)cc2)cc1. The normalized spacial score (nSPS) is 11.6. The number of fused-ring (bicyclic) bond motifs is 6. The number of benzene rings is 8. The van der Waals surface area contributed by atoms with Gasteiger partial charge in [-0.05, 0) is 81.4 Å². The highest BCUT2D eigenvalue weighted by Crippen LogP contribution is 2.38. The Labute approximate surface area is 324 Å². The fraction of sp³-hybridized carbons (Fsp3) is 0. The summed E-state index contributed by atoms with van der Waals surface area (Å²) >= 11 is 0. The van der Waals surface area contributed by atoms with Gasteiger partial charge >= 0.3 is 0 Å². The highest BCUT2D eigenvalue weighted by molar-refractivity contribution is 6.12. The van der Waals surface area contributed by atoms with Gasteiger partial charge in [-0.25, -0.2) is 9.97 Å². The Kier molecular flexibility index (Phi) is 7.46. The minimum atomic E-state index is 0.650. The summed E-state index contributed by atoms with van der Waals surface area (Å²) in [5.41, 5.74) is 14.9. The van der Waals surface area contributed by atoms with Crippen LogP contribution in [-0.2, 0) is 0 Å². The molecule has 3 heterocycles. The first-order chi connectivity index (χ1) is 27.8. The maximum absolute atomic E-state index is 4.94. The summed E-state index contributed by atoms with van der Waals surface area (Å²) in [6.07, 6.45) is 3.87. The van der Waals surface area contributed by atoms with Crippen LogP contribution >= 0.6 is 0 Å². The summed E-state index contributed by atoms with van der Waals surface area (Å²) in [5, 5.41) is 4.84. The van der Waals surface area contributed by atoms with Crippen molar-refractivity contribution in [2.75, 3.05) is 0 Å². The zero-order chi connectivity index (χ0) is 37.0. The Hall–Kier alpha value is -7.56. The Morgan fingerprint density at radius 1 is 0.268 bits per heavy atom. The summed E-state index contributed by atoms with van der Waals surface area (Å²) in [6.45, 7) is 0. The van der Waals surface area contributed by atoms with Gasteiger partial charge in [0.2, 0.25) is 5.95 Å². The smallest absolute Gasteiger partial charge is 0.234 e. The van der Waals surface area contributed by atoms with E-state index in [0.717, 1.165) is 27.8 Å². The largest absolute Gasteiger partial charge is 0.309 e. The van der Waals surface area contributed by atoms with Crippen LogP contribution < -0.4 is 0 Å². The molecule has 0 unspecified atom stereocenters. The van der Waals surface area contributed by atoms with Crippen LogP contribution in [0.1, 0.15) is 0 Å². The van der Waals surface area contributed by atoms with Crippen LogP contribution in [0.25, 0.3) is 99.8 Å². The highest BCUT2D eigenvalue weighted by atomic mass is 15.1. The van der Waals surface area contributed by atoms with E-state index in [0.29, 0.717) is 5.95 Å². The first-order valence-electron chi connectivity index (χ1n) is 19.0. The molecule has 11 rings (SSSR count). The molecule has 0 saturated heterocycles. The zero-order valence-electron chi connectivity index (χ0n) is 30.4. The Bertz CT molecular complexity index is 3190. The molecule has 0 saturated carbocycles. The molecule has 0 aliphatic carbocycles. The van der Waals surface area contributed by atoms with Gasteiger partial charge in [-0.3, -0.25) is 4.57 Å². The van der Waals surface area contributed by atoms with Crippen molar-refractivity contribution in [3.05, 3.63) is 207 Å². The van der Waals surface area contributed by atoms with Crippen LogP contribution in [0.4, 0.5) is 0 Å².